The van der Waals surface area contributed by atoms with Gasteiger partial charge >= 0.3 is 0 Å². The average molecular weight is 354 g/mol. The fourth-order valence-corrected chi connectivity index (χ4v) is 2.89. The lowest BCUT2D eigenvalue weighted by atomic mass is 10.1. The van der Waals surface area contributed by atoms with Gasteiger partial charge < -0.3 is 4.74 Å². The van der Waals surface area contributed by atoms with E-state index in [1.165, 1.54) is 12.8 Å². The minimum atomic E-state index is 0.216. The SMILES string of the molecule is COCCN(CCC(=O)c1ccc(Br)cc1)C(C)C1CC1. The van der Waals surface area contributed by atoms with Gasteiger partial charge in [-0.05, 0) is 37.8 Å². The molecule has 0 radical (unpaired) electrons. The summed E-state index contributed by atoms with van der Waals surface area (Å²) >= 11 is 3.39. The van der Waals surface area contributed by atoms with Gasteiger partial charge in [0.2, 0.25) is 0 Å². The van der Waals surface area contributed by atoms with E-state index in [0.717, 1.165) is 35.7 Å². The summed E-state index contributed by atoms with van der Waals surface area (Å²) in [5, 5.41) is 0. The van der Waals surface area contributed by atoms with Crippen molar-refractivity contribution in [1.29, 1.82) is 0 Å². The Morgan fingerprint density at radius 2 is 2.00 bits per heavy atom. The number of ether oxygens (including phenoxy) is 1. The molecule has 1 aliphatic rings. The van der Waals surface area contributed by atoms with Crippen molar-refractivity contribution in [2.45, 2.75) is 32.2 Å². The van der Waals surface area contributed by atoms with Crippen LogP contribution >= 0.6 is 15.9 Å². The van der Waals surface area contributed by atoms with E-state index < -0.39 is 0 Å². The second-order valence-corrected chi connectivity index (χ2v) is 6.70. The van der Waals surface area contributed by atoms with Crippen molar-refractivity contribution in [3.8, 4) is 0 Å². The standard InChI is InChI=1S/C17H24BrNO2/c1-13(14-3-4-14)19(11-12-21-2)10-9-17(20)15-5-7-16(18)8-6-15/h5-8,13-14H,3-4,9-12H2,1-2H3. The van der Waals surface area contributed by atoms with Gasteiger partial charge in [-0.3, -0.25) is 9.69 Å². The van der Waals surface area contributed by atoms with Crippen molar-refractivity contribution in [1.82, 2.24) is 4.90 Å². The number of rotatable bonds is 9. The zero-order chi connectivity index (χ0) is 15.2. The summed E-state index contributed by atoms with van der Waals surface area (Å²) in [5.41, 5.74) is 0.795. The third kappa shape index (κ3) is 5.20. The van der Waals surface area contributed by atoms with Gasteiger partial charge in [0, 0.05) is 42.7 Å². The largest absolute Gasteiger partial charge is 0.383 e. The van der Waals surface area contributed by atoms with Crippen LogP contribution in [0.15, 0.2) is 28.7 Å². The molecule has 1 fully saturated rings. The zero-order valence-electron chi connectivity index (χ0n) is 12.8. The first kappa shape index (κ1) is 16.7. The smallest absolute Gasteiger partial charge is 0.164 e. The first-order valence-corrected chi connectivity index (χ1v) is 8.43. The number of Topliss-reactive ketones (excluding diaryl/α,β-unsaturated/α-hetero) is 1. The van der Waals surface area contributed by atoms with Crippen LogP contribution in [0.1, 0.15) is 36.5 Å². The summed E-state index contributed by atoms with van der Waals surface area (Å²) in [5.74, 6) is 1.03. The van der Waals surface area contributed by atoms with E-state index in [1.807, 2.05) is 24.3 Å². The first-order valence-electron chi connectivity index (χ1n) is 7.63. The molecule has 21 heavy (non-hydrogen) atoms. The number of nitrogens with zero attached hydrogens (tertiary/aromatic N) is 1. The third-order valence-electron chi connectivity index (χ3n) is 4.26. The van der Waals surface area contributed by atoms with Gasteiger partial charge in [0.15, 0.2) is 5.78 Å². The molecule has 0 amide bonds. The molecule has 116 valence electrons. The Hall–Kier alpha value is -0.710. The van der Waals surface area contributed by atoms with E-state index in [-0.39, 0.29) is 5.78 Å². The molecule has 0 saturated heterocycles. The van der Waals surface area contributed by atoms with Crippen LogP contribution in [0.3, 0.4) is 0 Å². The predicted molar refractivity (Wildman–Crippen MR) is 88.7 cm³/mol. The highest BCUT2D eigenvalue weighted by Gasteiger charge is 2.31. The fourth-order valence-electron chi connectivity index (χ4n) is 2.63. The molecule has 1 unspecified atom stereocenters. The van der Waals surface area contributed by atoms with E-state index in [0.29, 0.717) is 12.5 Å². The molecule has 1 saturated carbocycles. The summed E-state index contributed by atoms with van der Waals surface area (Å²) in [6.45, 7) is 4.72. The number of carbonyl (C=O) groups is 1. The highest BCUT2D eigenvalue weighted by atomic mass is 79.9. The van der Waals surface area contributed by atoms with Gasteiger partial charge in [0.05, 0.1) is 6.61 Å². The topological polar surface area (TPSA) is 29.5 Å². The number of carbonyl (C=O) groups excluding carboxylic acids is 1. The Morgan fingerprint density at radius 3 is 2.57 bits per heavy atom. The quantitative estimate of drug-likeness (QED) is 0.633. The third-order valence-corrected chi connectivity index (χ3v) is 4.78. The number of ketones is 1. The maximum Gasteiger partial charge on any atom is 0.164 e. The van der Waals surface area contributed by atoms with Gasteiger partial charge in [-0.25, -0.2) is 0 Å². The summed E-state index contributed by atoms with van der Waals surface area (Å²) in [4.78, 5) is 14.7. The van der Waals surface area contributed by atoms with Crippen LogP contribution in [0.5, 0.6) is 0 Å². The molecule has 0 spiro atoms. The number of hydrogen-bond donors (Lipinski definition) is 0. The van der Waals surface area contributed by atoms with Crippen LogP contribution in [-0.4, -0.2) is 43.5 Å². The van der Waals surface area contributed by atoms with Crippen LogP contribution in [0.25, 0.3) is 0 Å². The van der Waals surface area contributed by atoms with Crippen LogP contribution in [-0.2, 0) is 4.74 Å². The number of benzene rings is 1. The Balaban J connectivity index is 1.87. The minimum Gasteiger partial charge on any atom is -0.383 e. The van der Waals surface area contributed by atoms with Crippen molar-refractivity contribution in [3.05, 3.63) is 34.3 Å². The lowest BCUT2D eigenvalue weighted by molar-refractivity contribution is 0.0902. The highest BCUT2D eigenvalue weighted by Crippen LogP contribution is 2.35. The van der Waals surface area contributed by atoms with E-state index in [2.05, 4.69) is 27.8 Å². The van der Waals surface area contributed by atoms with Gasteiger partial charge in [0.1, 0.15) is 0 Å². The highest BCUT2D eigenvalue weighted by molar-refractivity contribution is 9.10. The molecule has 4 heteroatoms. The maximum absolute atomic E-state index is 12.3. The average Bonchev–Trinajstić information content (AvgIpc) is 3.32. The molecule has 1 aliphatic carbocycles. The van der Waals surface area contributed by atoms with Crippen molar-refractivity contribution < 1.29 is 9.53 Å². The van der Waals surface area contributed by atoms with Gasteiger partial charge in [0.25, 0.3) is 0 Å². The van der Waals surface area contributed by atoms with Gasteiger partial charge in [-0.1, -0.05) is 28.1 Å². The van der Waals surface area contributed by atoms with Crippen LogP contribution in [0, 0.1) is 5.92 Å². The van der Waals surface area contributed by atoms with Gasteiger partial charge in [-0.2, -0.15) is 0 Å². The van der Waals surface area contributed by atoms with Crippen molar-refractivity contribution in [2.75, 3.05) is 26.8 Å². The van der Waals surface area contributed by atoms with E-state index in [9.17, 15) is 4.79 Å². The Labute approximate surface area is 135 Å². The van der Waals surface area contributed by atoms with Crippen molar-refractivity contribution in [2.24, 2.45) is 5.92 Å². The Bertz CT molecular complexity index is 456. The van der Waals surface area contributed by atoms with Gasteiger partial charge in [-0.15, -0.1) is 0 Å². The van der Waals surface area contributed by atoms with Crippen LogP contribution in [0.4, 0.5) is 0 Å². The Kier molecular flexibility index (Phi) is 6.40. The molecule has 0 heterocycles. The Morgan fingerprint density at radius 1 is 1.33 bits per heavy atom. The predicted octanol–water partition coefficient (Wildman–Crippen LogP) is 3.77. The van der Waals surface area contributed by atoms with Crippen molar-refractivity contribution >= 4 is 21.7 Å². The van der Waals surface area contributed by atoms with Crippen molar-refractivity contribution in [3.63, 3.8) is 0 Å². The summed E-state index contributed by atoms with van der Waals surface area (Å²) in [7, 11) is 1.73. The molecule has 1 aromatic carbocycles. The fraction of sp³-hybridized carbons (Fsp3) is 0.588. The van der Waals surface area contributed by atoms with E-state index >= 15 is 0 Å². The molecular weight excluding hydrogens is 330 g/mol. The number of hydrogen-bond acceptors (Lipinski definition) is 3. The van der Waals surface area contributed by atoms with Crippen LogP contribution < -0.4 is 0 Å². The lowest BCUT2D eigenvalue weighted by Crippen LogP contribution is -2.38. The number of halogens is 1. The molecule has 0 aromatic heterocycles. The second-order valence-electron chi connectivity index (χ2n) is 5.79. The summed E-state index contributed by atoms with van der Waals surface area (Å²) < 4.78 is 6.20. The molecular formula is C17H24BrNO2. The monoisotopic (exact) mass is 353 g/mol. The molecule has 1 aromatic rings. The minimum absolute atomic E-state index is 0.216. The van der Waals surface area contributed by atoms with E-state index in [4.69, 9.17) is 4.74 Å². The second kappa shape index (κ2) is 8.06. The molecule has 2 rings (SSSR count). The van der Waals surface area contributed by atoms with E-state index in [1.54, 1.807) is 7.11 Å². The zero-order valence-corrected chi connectivity index (χ0v) is 14.4. The summed E-state index contributed by atoms with van der Waals surface area (Å²) in [6.07, 6.45) is 3.22. The first-order chi connectivity index (χ1) is 10.1. The molecule has 0 bridgehead atoms. The number of methoxy groups -OCH3 is 1. The van der Waals surface area contributed by atoms with Crippen LogP contribution in [0.2, 0.25) is 0 Å². The molecule has 1 atom stereocenters. The molecule has 0 N–H and O–H groups in total. The normalized spacial score (nSPS) is 16.2. The maximum atomic E-state index is 12.3. The molecule has 0 aliphatic heterocycles. The summed E-state index contributed by atoms with van der Waals surface area (Å²) in [6, 6.07) is 8.16. The molecule has 3 nitrogen and oxygen atoms in total. The lowest BCUT2D eigenvalue weighted by Gasteiger charge is -2.28.